The Kier molecular flexibility index (Phi) is 9.23. The maximum Gasteiger partial charge on any atom is 0.573 e. The van der Waals surface area contributed by atoms with Crippen LogP contribution in [0.1, 0.15) is 47.2 Å². The van der Waals surface area contributed by atoms with Crippen LogP contribution in [0.5, 0.6) is 0 Å². The van der Waals surface area contributed by atoms with Crippen LogP contribution in [-0.4, -0.2) is 56.7 Å². The number of nitrogens with one attached hydrogen (secondary N) is 2. The third-order valence-electron chi connectivity index (χ3n) is 5.85. The number of benzene rings is 1. The molecule has 0 aromatic heterocycles. The van der Waals surface area contributed by atoms with Gasteiger partial charge in [0.1, 0.15) is 5.76 Å². The Morgan fingerprint density at radius 3 is 2.71 bits per heavy atom. The van der Waals surface area contributed by atoms with E-state index in [0.29, 0.717) is 63.1 Å². The van der Waals surface area contributed by atoms with Crippen molar-refractivity contribution in [1.82, 2.24) is 10.6 Å². The number of fused-ring (bicyclic) bond motifs is 1. The summed E-state index contributed by atoms with van der Waals surface area (Å²) >= 11 is 0. The highest BCUT2D eigenvalue weighted by molar-refractivity contribution is 6.00. The van der Waals surface area contributed by atoms with Gasteiger partial charge in [-0.3, -0.25) is 4.79 Å². The number of hydrogen-bond donors (Lipinski definition) is 4. The van der Waals surface area contributed by atoms with Gasteiger partial charge in [0, 0.05) is 32.8 Å². The Bertz CT molecular complexity index is 915. The van der Waals surface area contributed by atoms with Crippen LogP contribution in [-0.2, 0) is 17.6 Å². The van der Waals surface area contributed by atoms with Crippen LogP contribution in [0, 0.1) is 0 Å². The van der Waals surface area contributed by atoms with Gasteiger partial charge in [-0.2, -0.15) is 0 Å². The topological polar surface area (TPSA) is 99.9 Å². The van der Waals surface area contributed by atoms with Gasteiger partial charge in [-0.15, -0.1) is 13.2 Å². The molecule has 1 amide bonds. The van der Waals surface area contributed by atoms with Crippen LogP contribution in [0.3, 0.4) is 0 Å². The first-order chi connectivity index (χ1) is 16.3. The van der Waals surface area contributed by atoms with E-state index in [-0.39, 0.29) is 12.4 Å². The average Bonchev–Trinajstić information content (AvgIpc) is 3.06. The van der Waals surface area contributed by atoms with Crippen LogP contribution in [0.15, 0.2) is 35.7 Å². The van der Waals surface area contributed by atoms with Crippen LogP contribution in [0.2, 0.25) is 0 Å². The van der Waals surface area contributed by atoms with Crippen LogP contribution >= 0.6 is 0 Å². The summed E-state index contributed by atoms with van der Waals surface area (Å²) in [6.07, 6.45) is 2.66. The third-order valence-corrected chi connectivity index (χ3v) is 5.85. The Hall–Kier alpha value is -2.72. The summed E-state index contributed by atoms with van der Waals surface area (Å²) in [5.41, 5.74) is 9.50. The first-order valence-corrected chi connectivity index (χ1v) is 11.7. The van der Waals surface area contributed by atoms with E-state index in [1.54, 1.807) is 6.08 Å². The number of nitrogens with zero attached hydrogens (tertiary/aromatic N) is 1. The van der Waals surface area contributed by atoms with Gasteiger partial charge in [0.15, 0.2) is 0 Å². The molecule has 1 aliphatic heterocycles. The molecule has 188 valence electrons. The molecular weight excluding hydrogens is 449 g/mol. The number of aliphatic hydroxyl groups is 1. The number of allylic oxidation sites excluding steroid dienone is 2. The number of carbonyl (C=O) groups is 1. The van der Waals surface area contributed by atoms with Crippen molar-refractivity contribution >= 4 is 11.6 Å². The van der Waals surface area contributed by atoms with E-state index in [4.69, 9.17) is 10.8 Å². The number of hydrogen-bond acceptors (Lipinski definition) is 6. The molecular formula is C24H33F3N4O3. The first kappa shape index (κ1) is 25.9. The molecule has 0 saturated heterocycles. The van der Waals surface area contributed by atoms with Crippen molar-refractivity contribution in [3.63, 3.8) is 0 Å². The van der Waals surface area contributed by atoms with E-state index in [1.165, 1.54) is 6.08 Å². The lowest BCUT2D eigenvalue weighted by atomic mass is 10.00. The minimum atomic E-state index is -4.72. The SMILES string of the molecule is NC(=O)c1cc(CCNCCNC2=CCCCC=C2OC(F)(F)F)cc2c1N(CCCO)CC2. The molecule has 0 spiro atoms. The molecule has 0 bridgehead atoms. The smallest absolute Gasteiger partial charge is 0.404 e. The van der Waals surface area contributed by atoms with Gasteiger partial charge >= 0.3 is 6.36 Å². The minimum absolute atomic E-state index is 0.0978. The first-order valence-electron chi connectivity index (χ1n) is 11.7. The second kappa shape index (κ2) is 12.1. The van der Waals surface area contributed by atoms with E-state index in [0.717, 1.165) is 36.2 Å². The molecule has 1 aromatic rings. The maximum absolute atomic E-state index is 12.7. The minimum Gasteiger partial charge on any atom is -0.404 e. The molecule has 3 rings (SSSR count). The molecule has 34 heavy (non-hydrogen) atoms. The highest BCUT2D eigenvalue weighted by Gasteiger charge is 2.33. The van der Waals surface area contributed by atoms with Gasteiger partial charge < -0.3 is 31.1 Å². The van der Waals surface area contributed by atoms with Crippen molar-refractivity contribution in [2.45, 2.75) is 44.9 Å². The fourth-order valence-corrected chi connectivity index (χ4v) is 4.34. The van der Waals surface area contributed by atoms with E-state index in [1.807, 2.05) is 6.07 Å². The number of carbonyl (C=O) groups excluding carboxylic acids is 1. The second-order valence-corrected chi connectivity index (χ2v) is 8.42. The number of anilines is 1. The van der Waals surface area contributed by atoms with Crippen molar-refractivity contribution in [2.75, 3.05) is 44.2 Å². The zero-order valence-corrected chi connectivity index (χ0v) is 19.2. The van der Waals surface area contributed by atoms with Gasteiger partial charge in [0.2, 0.25) is 0 Å². The Balaban J connectivity index is 1.49. The van der Waals surface area contributed by atoms with Crippen molar-refractivity contribution in [3.8, 4) is 0 Å². The second-order valence-electron chi connectivity index (χ2n) is 8.42. The summed E-state index contributed by atoms with van der Waals surface area (Å²) in [6.45, 7) is 3.22. The number of alkyl halides is 3. The number of halogens is 3. The van der Waals surface area contributed by atoms with Gasteiger partial charge in [-0.25, -0.2) is 0 Å². The molecule has 0 radical (unpaired) electrons. The summed E-state index contributed by atoms with van der Waals surface area (Å²) in [4.78, 5) is 14.2. The molecule has 5 N–H and O–H groups in total. The molecule has 7 nitrogen and oxygen atoms in total. The molecule has 10 heteroatoms. The number of rotatable bonds is 12. The monoisotopic (exact) mass is 482 g/mol. The Morgan fingerprint density at radius 2 is 1.97 bits per heavy atom. The molecule has 1 aromatic carbocycles. The molecule has 0 fully saturated rings. The molecule has 0 unspecified atom stereocenters. The number of ether oxygens (including phenoxy) is 1. The lowest BCUT2D eigenvalue weighted by Gasteiger charge is -2.21. The number of primary amides is 1. The van der Waals surface area contributed by atoms with Crippen LogP contribution < -0.4 is 21.3 Å². The number of nitrogens with two attached hydrogens (primary N) is 1. The van der Waals surface area contributed by atoms with Crippen LogP contribution in [0.4, 0.5) is 18.9 Å². The summed E-state index contributed by atoms with van der Waals surface area (Å²) in [6, 6.07) is 3.93. The van der Waals surface area contributed by atoms with E-state index < -0.39 is 12.3 Å². The van der Waals surface area contributed by atoms with Gasteiger partial charge in [-0.1, -0.05) is 12.1 Å². The fraction of sp³-hybridized carbons (Fsp3) is 0.542. The Labute approximate surface area is 197 Å². The molecule has 1 aliphatic carbocycles. The predicted molar refractivity (Wildman–Crippen MR) is 124 cm³/mol. The summed E-state index contributed by atoms with van der Waals surface area (Å²) in [7, 11) is 0. The molecule has 0 atom stereocenters. The van der Waals surface area contributed by atoms with Gasteiger partial charge in [0.25, 0.3) is 5.91 Å². The number of aliphatic hydroxyl groups excluding tert-OH is 1. The lowest BCUT2D eigenvalue weighted by Crippen LogP contribution is -2.30. The van der Waals surface area contributed by atoms with Crippen molar-refractivity contribution < 1.29 is 27.8 Å². The molecule has 1 heterocycles. The maximum atomic E-state index is 12.7. The van der Waals surface area contributed by atoms with E-state index >= 15 is 0 Å². The summed E-state index contributed by atoms with van der Waals surface area (Å²) in [5.74, 6) is -0.636. The molecule has 0 saturated carbocycles. The van der Waals surface area contributed by atoms with Gasteiger partial charge in [-0.05, 0) is 68.3 Å². The average molecular weight is 483 g/mol. The highest BCUT2D eigenvalue weighted by Crippen LogP contribution is 2.33. The number of amides is 1. The van der Waals surface area contributed by atoms with Crippen molar-refractivity contribution in [1.29, 1.82) is 0 Å². The largest absolute Gasteiger partial charge is 0.573 e. The van der Waals surface area contributed by atoms with Crippen LogP contribution in [0.25, 0.3) is 0 Å². The highest BCUT2D eigenvalue weighted by atomic mass is 19.4. The Morgan fingerprint density at radius 1 is 1.18 bits per heavy atom. The zero-order chi connectivity index (χ0) is 24.6. The van der Waals surface area contributed by atoms with Crippen molar-refractivity contribution in [3.05, 3.63) is 52.4 Å². The van der Waals surface area contributed by atoms with Crippen molar-refractivity contribution in [2.24, 2.45) is 5.73 Å². The van der Waals surface area contributed by atoms with E-state index in [2.05, 4.69) is 26.3 Å². The standard InChI is InChI=1S/C24H33F3N4O3/c25-24(26,27)34-21-6-3-1-2-5-20(21)30-11-10-29-9-7-17-15-18-8-13-31(12-4-14-32)22(18)19(16-17)23(28)33/h5-6,15-16,29-30,32H,1-4,7-14H2,(H2,28,33). The van der Waals surface area contributed by atoms with Gasteiger partial charge in [0.05, 0.1) is 16.9 Å². The fourth-order valence-electron chi connectivity index (χ4n) is 4.34. The van der Waals surface area contributed by atoms with E-state index in [9.17, 15) is 18.0 Å². The normalized spacial score (nSPS) is 15.9. The quantitative estimate of drug-likeness (QED) is 0.342. The lowest BCUT2D eigenvalue weighted by molar-refractivity contribution is -0.304. The predicted octanol–water partition coefficient (Wildman–Crippen LogP) is 2.74. The summed E-state index contributed by atoms with van der Waals surface area (Å²) in [5, 5.41) is 15.4. The summed E-state index contributed by atoms with van der Waals surface area (Å²) < 4.78 is 42.1. The third kappa shape index (κ3) is 7.39. The zero-order valence-electron chi connectivity index (χ0n) is 19.2. The molecule has 2 aliphatic rings.